The molecule has 32 heavy (non-hydrogen) atoms. The molecule has 0 aliphatic carbocycles. The monoisotopic (exact) mass is 435 g/mol. The van der Waals surface area contributed by atoms with Crippen LogP contribution >= 0.6 is 0 Å². The second-order valence-corrected chi connectivity index (χ2v) is 7.72. The summed E-state index contributed by atoms with van der Waals surface area (Å²) in [5.41, 5.74) is 4.61. The Bertz CT molecular complexity index is 1100. The van der Waals surface area contributed by atoms with Gasteiger partial charge < -0.3 is 25.3 Å². The maximum Gasteiger partial charge on any atom is 0.316 e. The van der Waals surface area contributed by atoms with Gasteiger partial charge in [-0.3, -0.25) is 4.79 Å². The summed E-state index contributed by atoms with van der Waals surface area (Å²) in [6.45, 7) is 5.73. The van der Waals surface area contributed by atoms with Crippen LogP contribution in [0, 0.1) is 20.8 Å². The van der Waals surface area contributed by atoms with E-state index in [1.165, 1.54) is 0 Å². The van der Waals surface area contributed by atoms with Gasteiger partial charge in [0.2, 0.25) is 5.91 Å². The average molecular weight is 436 g/mol. The summed E-state index contributed by atoms with van der Waals surface area (Å²) in [5.74, 6) is 0.963. The molecule has 0 radical (unpaired) electrons. The molecule has 3 N–H and O–H groups in total. The van der Waals surface area contributed by atoms with Gasteiger partial charge in [0.25, 0.3) is 0 Å². The van der Waals surface area contributed by atoms with Crippen molar-refractivity contribution in [2.24, 2.45) is 7.05 Å². The third kappa shape index (κ3) is 5.26. The molecule has 2 aromatic carbocycles. The van der Waals surface area contributed by atoms with Crippen molar-refractivity contribution in [1.82, 2.24) is 20.2 Å². The number of amides is 3. The maximum atomic E-state index is 12.7. The number of aryl methyl sites for hydroxylation is 4. The van der Waals surface area contributed by atoms with Crippen molar-refractivity contribution in [2.45, 2.75) is 26.8 Å². The van der Waals surface area contributed by atoms with Crippen LogP contribution in [-0.4, -0.2) is 35.1 Å². The fourth-order valence-electron chi connectivity index (χ4n) is 3.75. The van der Waals surface area contributed by atoms with Gasteiger partial charge in [-0.1, -0.05) is 35.9 Å². The molecular formula is C24H29N5O3. The topological polar surface area (TPSA) is 97.3 Å². The third-order valence-electron chi connectivity index (χ3n) is 5.19. The summed E-state index contributed by atoms with van der Waals surface area (Å²) in [6.07, 6.45) is 3.47. The average Bonchev–Trinajstić information content (AvgIpc) is 3.18. The number of carbonyl (C=O) groups is 2. The van der Waals surface area contributed by atoms with E-state index in [-0.39, 0.29) is 12.5 Å². The lowest BCUT2D eigenvalue weighted by Gasteiger charge is -2.21. The number of nitrogens with one attached hydrogen (secondary N) is 3. The van der Waals surface area contributed by atoms with Crippen molar-refractivity contribution in [3.8, 4) is 5.75 Å². The van der Waals surface area contributed by atoms with Gasteiger partial charge in [0.1, 0.15) is 17.6 Å². The van der Waals surface area contributed by atoms with Gasteiger partial charge in [0.15, 0.2) is 0 Å². The second-order valence-electron chi connectivity index (χ2n) is 7.72. The van der Waals surface area contributed by atoms with Gasteiger partial charge in [-0.05, 0) is 38.0 Å². The highest BCUT2D eigenvalue weighted by Crippen LogP contribution is 2.29. The van der Waals surface area contributed by atoms with Gasteiger partial charge in [-0.2, -0.15) is 0 Å². The van der Waals surface area contributed by atoms with Crippen molar-refractivity contribution in [1.29, 1.82) is 0 Å². The minimum absolute atomic E-state index is 0.169. The Morgan fingerprint density at radius 3 is 2.44 bits per heavy atom. The van der Waals surface area contributed by atoms with Crippen LogP contribution in [0.25, 0.3) is 0 Å². The molecule has 0 aliphatic heterocycles. The molecule has 168 valence electrons. The first kappa shape index (κ1) is 22.9. The van der Waals surface area contributed by atoms with E-state index in [1.54, 1.807) is 19.5 Å². The molecule has 0 aliphatic rings. The smallest absolute Gasteiger partial charge is 0.316 e. The highest BCUT2D eigenvalue weighted by atomic mass is 16.5. The summed E-state index contributed by atoms with van der Waals surface area (Å²) in [7, 11) is 3.43. The van der Waals surface area contributed by atoms with E-state index in [1.807, 2.05) is 68.8 Å². The van der Waals surface area contributed by atoms with E-state index < -0.39 is 12.1 Å². The van der Waals surface area contributed by atoms with Crippen molar-refractivity contribution >= 4 is 17.6 Å². The highest BCUT2D eigenvalue weighted by molar-refractivity contribution is 5.95. The SMILES string of the molecule is COc1ccccc1C(NC(=O)NCC(=O)Nc1c(C)cc(C)cc1C)c1nccn1C. The Morgan fingerprint density at radius 1 is 1.12 bits per heavy atom. The summed E-state index contributed by atoms with van der Waals surface area (Å²) in [5, 5.41) is 8.42. The zero-order valence-corrected chi connectivity index (χ0v) is 19.0. The van der Waals surface area contributed by atoms with E-state index in [0.29, 0.717) is 11.6 Å². The van der Waals surface area contributed by atoms with Crippen LogP contribution in [0.2, 0.25) is 0 Å². The van der Waals surface area contributed by atoms with Crippen LogP contribution in [0.1, 0.15) is 34.1 Å². The number of methoxy groups -OCH3 is 1. The number of nitrogens with zero attached hydrogens (tertiary/aromatic N) is 2. The second kappa shape index (κ2) is 10.00. The number of hydrogen-bond acceptors (Lipinski definition) is 4. The first-order valence-electron chi connectivity index (χ1n) is 10.3. The summed E-state index contributed by atoms with van der Waals surface area (Å²) >= 11 is 0. The van der Waals surface area contributed by atoms with E-state index >= 15 is 0 Å². The van der Waals surface area contributed by atoms with Gasteiger partial charge in [0, 0.05) is 30.7 Å². The standard InChI is InChI=1S/C24H29N5O3/c1-15-12-16(2)21(17(3)13-15)27-20(30)14-26-24(31)28-22(23-25-10-11-29(23)4)18-8-6-7-9-19(18)32-5/h6-13,22H,14H2,1-5H3,(H,27,30)(H2,26,28,31). The van der Waals surface area contributed by atoms with Gasteiger partial charge in [-0.25, -0.2) is 9.78 Å². The molecule has 0 fully saturated rings. The molecule has 8 nitrogen and oxygen atoms in total. The van der Waals surface area contributed by atoms with Crippen molar-refractivity contribution in [3.05, 3.63) is 76.9 Å². The number of aromatic nitrogens is 2. The molecule has 3 amide bonds. The fraction of sp³-hybridized carbons (Fsp3) is 0.292. The zero-order valence-electron chi connectivity index (χ0n) is 19.0. The minimum Gasteiger partial charge on any atom is -0.496 e. The number of imidazole rings is 1. The lowest BCUT2D eigenvalue weighted by Crippen LogP contribution is -2.42. The predicted molar refractivity (Wildman–Crippen MR) is 124 cm³/mol. The highest BCUT2D eigenvalue weighted by Gasteiger charge is 2.24. The first-order chi connectivity index (χ1) is 15.3. The summed E-state index contributed by atoms with van der Waals surface area (Å²) < 4.78 is 7.29. The molecule has 1 heterocycles. The fourth-order valence-corrected chi connectivity index (χ4v) is 3.75. The number of para-hydroxylation sites is 1. The largest absolute Gasteiger partial charge is 0.496 e. The molecule has 3 aromatic rings. The molecule has 1 aromatic heterocycles. The Labute approximate surface area is 188 Å². The number of rotatable bonds is 7. The van der Waals surface area contributed by atoms with E-state index in [9.17, 15) is 9.59 Å². The molecule has 0 spiro atoms. The molecular weight excluding hydrogens is 406 g/mol. The number of hydrogen-bond donors (Lipinski definition) is 3. The zero-order chi connectivity index (χ0) is 23.3. The lowest BCUT2D eigenvalue weighted by atomic mass is 10.0. The minimum atomic E-state index is -0.559. The van der Waals surface area contributed by atoms with E-state index in [0.717, 1.165) is 27.9 Å². The lowest BCUT2D eigenvalue weighted by molar-refractivity contribution is -0.115. The van der Waals surface area contributed by atoms with E-state index in [2.05, 4.69) is 20.9 Å². The quantitative estimate of drug-likeness (QED) is 0.530. The number of anilines is 1. The van der Waals surface area contributed by atoms with Gasteiger partial charge in [-0.15, -0.1) is 0 Å². The molecule has 0 saturated heterocycles. The Morgan fingerprint density at radius 2 is 1.81 bits per heavy atom. The van der Waals surface area contributed by atoms with Gasteiger partial charge in [0.05, 0.1) is 13.7 Å². The molecule has 0 bridgehead atoms. The van der Waals surface area contributed by atoms with Crippen LogP contribution < -0.4 is 20.7 Å². The normalized spacial score (nSPS) is 11.5. The number of urea groups is 1. The van der Waals surface area contributed by atoms with Crippen LogP contribution in [0.5, 0.6) is 5.75 Å². The van der Waals surface area contributed by atoms with Crippen LogP contribution in [0.15, 0.2) is 48.8 Å². The third-order valence-corrected chi connectivity index (χ3v) is 5.19. The molecule has 3 rings (SSSR count). The Balaban J connectivity index is 1.70. The summed E-state index contributed by atoms with van der Waals surface area (Å²) in [6, 6.07) is 10.4. The molecule has 8 heteroatoms. The number of benzene rings is 2. The Hall–Kier alpha value is -3.81. The van der Waals surface area contributed by atoms with Gasteiger partial charge >= 0.3 is 6.03 Å². The molecule has 1 unspecified atom stereocenters. The van der Waals surface area contributed by atoms with Crippen molar-refractivity contribution in [2.75, 3.05) is 19.0 Å². The summed E-state index contributed by atoms with van der Waals surface area (Å²) in [4.78, 5) is 29.5. The van der Waals surface area contributed by atoms with E-state index in [4.69, 9.17) is 4.74 Å². The Kier molecular flexibility index (Phi) is 7.14. The number of carbonyl (C=O) groups excluding carboxylic acids is 2. The predicted octanol–water partition coefficient (Wildman–Crippen LogP) is 3.38. The van der Waals surface area contributed by atoms with Crippen molar-refractivity contribution < 1.29 is 14.3 Å². The first-order valence-corrected chi connectivity index (χ1v) is 10.3. The van der Waals surface area contributed by atoms with Crippen LogP contribution in [0.3, 0.4) is 0 Å². The maximum absolute atomic E-state index is 12.7. The van der Waals surface area contributed by atoms with Crippen LogP contribution in [0.4, 0.5) is 10.5 Å². The molecule has 0 saturated carbocycles. The van der Waals surface area contributed by atoms with Crippen LogP contribution in [-0.2, 0) is 11.8 Å². The van der Waals surface area contributed by atoms with Crippen molar-refractivity contribution in [3.63, 3.8) is 0 Å². The molecule has 1 atom stereocenters. The number of ether oxygens (including phenoxy) is 1.